The second kappa shape index (κ2) is 11.7. The lowest BCUT2D eigenvalue weighted by molar-refractivity contribution is 0.536. The van der Waals surface area contributed by atoms with E-state index in [-0.39, 0.29) is 24.0 Å². The Balaban J connectivity index is 0.00000441. The number of nitrogens with one attached hydrogen (secondary N) is 2. The Labute approximate surface area is 151 Å². The minimum atomic E-state index is 0. The molecule has 0 amide bonds. The van der Waals surface area contributed by atoms with Crippen LogP contribution in [0, 0.1) is 6.92 Å². The first kappa shape index (κ1) is 21.1. The summed E-state index contributed by atoms with van der Waals surface area (Å²) in [5, 5.41) is 14.9. The number of hydrogen-bond donors (Lipinski definition) is 2. The van der Waals surface area contributed by atoms with E-state index in [0.717, 1.165) is 17.6 Å². The highest BCUT2D eigenvalue weighted by atomic mass is 127. The minimum absolute atomic E-state index is 0. The molecule has 0 aliphatic rings. The van der Waals surface area contributed by atoms with E-state index < -0.39 is 0 Å². The summed E-state index contributed by atoms with van der Waals surface area (Å²) >= 11 is 0. The minimum Gasteiger partial charge on any atom is -0.354 e. The van der Waals surface area contributed by atoms with Crippen LogP contribution in [0.4, 0.5) is 0 Å². The first-order valence-electron chi connectivity index (χ1n) is 7.90. The van der Waals surface area contributed by atoms with Crippen LogP contribution in [0.3, 0.4) is 0 Å². The molecule has 6 nitrogen and oxygen atoms in total. The van der Waals surface area contributed by atoms with Gasteiger partial charge in [-0.1, -0.05) is 32.6 Å². The van der Waals surface area contributed by atoms with E-state index in [1.54, 1.807) is 7.05 Å². The first-order chi connectivity index (χ1) is 10.1. The zero-order chi connectivity index (χ0) is 15.7. The average Bonchev–Trinajstić information content (AvgIpc) is 2.79. The predicted octanol–water partition coefficient (Wildman–Crippen LogP) is 2.77. The standard InChI is InChI=1S/C15H30N6.HI/c1-6-7-8-9-10-12(2)18-15(16-4)17-11-14-20-19-13(3)21(14)5;/h12H,6-11H2,1-5H3,(H2,16,17,18);1H. The van der Waals surface area contributed by atoms with Gasteiger partial charge in [0.25, 0.3) is 0 Å². The fourth-order valence-corrected chi connectivity index (χ4v) is 2.15. The van der Waals surface area contributed by atoms with E-state index >= 15 is 0 Å². The Morgan fingerprint density at radius 1 is 1.27 bits per heavy atom. The average molecular weight is 422 g/mol. The quantitative estimate of drug-likeness (QED) is 0.293. The maximum absolute atomic E-state index is 4.26. The molecule has 22 heavy (non-hydrogen) atoms. The fraction of sp³-hybridized carbons (Fsp3) is 0.800. The number of aliphatic imine (C=N–C) groups is 1. The van der Waals surface area contributed by atoms with Gasteiger partial charge in [-0.15, -0.1) is 34.2 Å². The maximum atomic E-state index is 4.26. The normalized spacial score (nSPS) is 12.7. The summed E-state index contributed by atoms with van der Waals surface area (Å²) in [6, 6.07) is 0.425. The molecule has 1 heterocycles. The number of hydrogen-bond acceptors (Lipinski definition) is 3. The molecule has 0 bridgehead atoms. The molecule has 0 fully saturated rings. The molecule has 7 heteroatoms. The Hall–Kier alpha value is -0.860. The van der Waals surface area contributed by atoms with Crippen LogP contribution >= 0.6 is 24.0 Å². The Kier molecular flexibility index (Phi) is 11.2. The summed E-state index contributed by atoms with van der Waals surface area (Å²) in [6.07, 6.45) is 6.35. The highest BCUT2D eigenvalue weighted by Gasteiger charge is 2.08. The Bertz CT molecular complexity index is 443. The molecule has 0 saturated carbocycles. The smallest absolute Gasteiger partial charge is 0.191 e. The largest absolute Gasteiger partial charge is 0.354 e. The van der Waals surface area contributed by atoms with E-state index in [1.807, 2.05) is 18.5 Å². The van der Waals surface area contributed by atoms with Crippen molar-refractivity contribution in [1.29, 1.82) is 0 Å². The van der Waals surface area contributed by atoms with Gasteiger partial charge in [0, 0.05) is 20.1 Å². The van der Waals surface area contributed by atoms with Crippen LogP contribution in [-0.2, 0) is 13.6 Å². The van der Waals surface area contributed by atoms with Crippen molar-refractivity contribution in [2.75, 3.05) is 7.05 Å². The molecular formula is C15H31IN6. The van der Waals surface area contributed by atoms with Gasteiger partial charge >= 0.3 is 0 Å². The number of nitrogens with zero attached hydrogens (tertiary/aromatic N) is 4. The van der Waals surface area contributed by atoms with E-state index in [4.69, 9.17) is 0 Å². The predicted molar refractivity (Wildman–Crippen MR) is 103 cm³/mol. The molecule has 0 aromatic carbocycles. The van der Waals surface area contributed by atoms with Crippen LogP contribution in [0.1, 0.15) is 57.6 Å². The van der Waals surface area contributed by atoms with Gasteiger partial charge in [-0.2, -0.15) is 0 Å². The summed E-state index contributed by atoms with van der Waals surface area (Å²) in [7, 11) is 3.76. The van der Waals surface area contributed by atoms with E-state index in [1.165, 1.54) is 32.1 Å². The highest BCUT2D eigenvalue weighted by molar-refractivity contribution is 14.0. The lowest BCUT2D eigenvalue weighted by Gasteiger charge is -2.17. The molecule has 1 unspecified atom stereocenters. The number of rotatable bonds is 8. The van der Waals surface area contributed by atoms with Crippen molar-refractivity contribution in [2.45, 2.75) is 65.5 Å². The van der Waals surface area contributed by atoms with E-state index in [9.17, 15) is 0 Å². The van der Waals surface area contributed by atoms with Crippen LogP contribution in [0.5, 0.6) is 0 Å². The van der Waals surface area contributed by atoms with Crippen molar-refractivity contribution < 1.29 is 0 Å². The first-order valence-corrected chi connectivity index (χ1v) is 7.90. The van der Waals surface area contributed by atoms with Gasteiger partial charge in [0.05, 0.1) is 6.54 Å². The summed E-state index contributed by atoms with van der Waals surface area (Å²) < 4.78 is 1.98. The molecule has 1 aromatic heterocycles. The molecule has 0 spiro atoms. The van der Waals surface area contributed by atoms with E-state index in [0.29, 0.717) is 12.6 Å². The Morgan fingerprint density at radius 2 is 2.00 bits per heavy atom. The van der Waals surface area contributed by atoms with Gasteiger partial charge in [-0.3, -0.25) is 4.99 Å². The van der Waals surface area contributed by atoms with Crippen molar-refractivity contribution in [1.82, 2.24) is 25.4 Å². The third-order valence-corrected chi connectivity index (χ3v) is 3.69. The van der Waals surface area contributed by atoms with Crippen molar-refractivity contribution in [2.24, 2.45) is 12.0 Å². The van der Waals surface area contributed by atoms with Gasteiger partial charge in [0.15, 0.2) is 11.8 Å². The number of aryl methyl sites for hydroxylation is 1. The molecule has 1 aromatic rings. The summed E-state index contributed by atoms with van der Waals surface area (Å²) in [5.74, 6) is 2.64. The fourth-order valence-electron chi connectivity index (χ4n) is 2.15. The van der Waals surface area contributed by atoms with E-state index in [2.05, 4.69) is 39.7 Å². The monoisotopic (exact) mass is 422 g/mol. The topological polar surface area (TPSA) is 67.1 Å². The van der Waals surface area contributed by atoms with Crippen molar-refractivity contribution in [3.05, 3.63) is 11.6 Å². The lowest BCUT2D eigenvalue weighted by atomic mass is 10.1. The van der Waals surface area contributed by atoms with Gasteiger partial charge in [-0.25, -0.2) is 0 Å². The summed E-state index contributed by atoms with van der Waals surface area (Å²) in [6.45, 7) is 7.01. The molecule has 0 radical (unpaired) electrons. The van der Waals surface area contributed by atoms with Crippen LogP contribution < -0.4 is 10.6 Å². The second-order valence-electron chi connectivity index (χ2n) is 5.54. The van der Waals surface area contributed by atoms with Crippen LogP contribution in [0.15, 0.2) is 4.99 Å². The summed E-state index contributed by atoms with van der Waals surface area (Å²) in [4.78, 5) is 4.26. The molecule has 128 valence electrons. The third-order valence-electron chi connectivity index (χ3n) is 3.69. The third kappa shape index (κ3) is 7.42. The van der Waals surface area contributed by atoms with Crippen molar-refractivity contribution in [3.8, 4) is 0 Å². The number of guanidine groups is 1. The van der Waals surface area contributed by atoms with Gasteiger partial charge in [0.2, 0.25) is 0 Å². The van der Waals surface area contributed by atoms with Crippen LogP contribution in [0.2, 0.25) is 0 Å². The van der Waals surface area contributed by atoms with Crippen LogP contribution in [0.25, 0.3) is 0 Å². The van der Waals surface area contributed by atoms with Crippen molar-refractivity contribution in [3.63, 3.8) is 0 Å². The summed E-state index contributed by atoms with van der Waals surface area (Å²) in [5.41, 5.74) is 0. The molecular weight excluding hydrogens is 391 g/mol. The number of halogens is 1. The van der Waals surface area contributed by atoms with Gasteiger partial charge in [0.1, 0.15) is 5.82 Å². The second-order valence-corrected chi connectivity index (χ2v) is 5.54. The molecule has 1 rings (SSSR count). The molecule has 2 N–H and O–H groups in total. The van der Waals surface area contributed by atoms with Crippen LogP contribution in [-0.4, -0.2) is 33.8 Å². The highest BCUT2D eigenvalue weighted by Crippen LogP contribution is 2.05. The molecule has 0 aliphatic carbocycles. The number of unbranched alkanes of at least 4 members (excludes halogenated alkanes) is 3. The zero-order valence-electron chi connectivity index (χ0n) is 14.5. The maximum Gasteiger partial charge on any atom is 0.191 e. The molecule has 0 saturated heterocycles. The molecule has 0 aliphatic heterocycles. The SMILES string of the molecule is CCCCCCC(C)NC(=NC)NCc1nnc(C)n1C.I. The molecule has 1 atom stereocenters. The van der Waals surface area contributed by atoms with Crippen molar-refractivity contribution >= 4 is 29.9 Å². The van der Waals surface area contributed by atoms with Gasteiger partial charge < -0.3 is 15.2 Å². The zero-order valence-corrected chi connectivity index (χ0v) is 16.8. The number of aromatic nitrogens is 3. The van der Waals surface area contributed by atoms with Gasteiger partial charge in [-0.05, 0) is 20.3 Å². The Morgan fingerprint density at radius 3 is 2.55 bits per heavy atom. The lowest BCUT2D eigenvalue weighted by Crippen LogP contribution is -2.42.